The molecule has 2 aromatic heterocycles. The van der Waals surface area contributed by atoms with Gasteiger partial charge in [0.2, 0.25) is 5.69 Å². The predicted octanol–water partition coefficient (Wildman–Crippen LogP) is 8.97. The Morgan fingerprint density at radius 3 is 2.22 bits per heavy atom. The lowest BCUT2D eigenvalue weighted by Crippen LogP contribution is -2.31. The average Bonchev–Trinajstić information content (AvgIpc) is 3.53. The molecule has 0 saturated heterocycles. The molecule has 0 unspecified atom stereocenters. The van der Waals surface area contributed by atoms with Crippen LogP contribution in [0.25, 0.3) is 44.3 Å². The van der Waals surface area contributed by atoms with Crippen LogP contribution < -0.4 is 4.57 Å². The van der Waals surface area contributed by atoms with E-state index in [0.717, 1.165) is 38.7 Å². The first-order chi connectivity index (χ1) is 17.4. The summed E-state index contributed by atoms with van der Waals surface area (Å²) < 4.78 is 24.1. The van der Waals surface area contributed by atoms with Crippen LogP contribution >= 0.6 is 0 Å². The van der Waals surface area contributed by atoms with Gasteiger partial charge in [-0.2, -0.15) is 0 Å². The fourth-order valence-electron chi connectivity index (χ4n) is 5.94. The van der Waals surface area contributed by atoms with E-state index < -0.39 is 0 Å². The van der Waals surface area contributed by atoms with E-state index in [-0.39, 0.29) is 5.82 Å². The first-order valence-electron chi connectivity index (χ1n) is 13.2. The van der Waals surface area contributed by atoms with Crippen LogP contribution in [0.4, 0.5) is 4.39 Å². The van der Waals surface area contributed by atoms with Gasteiger partial charge in [-0.25, -0.2) is 8.96 Å². The number of benzene rings is 3. The van der Waals surface area contributed by atoms with Crippen molar-refractivity contribution in [2.75, 3.05) is 0 Å². The van der Waals surface area contributed by atoms with Crippen LogP contribution in [0, 0.1) is 12.7 Å². The largest absolute Gasteiger partial charge is 0.454 e. The Labute approximate surface area is 212 Å². The van der Waals surface area contributed by atoms with Crippen LogP contribution in [-0.4, -0.2) is 0 Å². The number of rotatable bonds is 4. The molecule has 0 atom stereocenters. The summed E-state index contributed by atoms with van der Waals surface area (Å²) in [5, 5.41) is 1.97. The van der Waals surface area contributed by atoms with Crippen LogP contribution in [0.1, 0.15) is 68.1 Å². The summed E-state index contributed by atoms with van der Waals surface area (Å²) in [7, 11) is 2.07. The number of furan rings is 1. The number of hydrogen-bond acceptors (Lipinski definition) is 1. The van der Waals surface area contributed by atoms with Crippen molar-refractivity contribution in [3.8, 4) is 22.4 Å². The van der Waals surface area contributed by atoms with E-state index in [2.05, 4.69) is 87.1 Å². The van der Waals surface area contributed by atoms with Gasteiger partial charge < -0.3 is 4.42 Å². The van der Waals surface area contributed by atoms with Gasteiger partial charge in [0.25, 0.3) is 0 Å². The molecule has 6 rings (SSSR count). The van der Waals surface area contributed by atoms with Gasteiger partial charge >= 0.3 is 0 Å². The Morgan fingerprint density at radius 2 is 1.53 bits per heavy atom. The van der Waals surface area contributed by atoms with Crippen molar-refractivity contribution >= 4 is 21.9 Å². The third-order valence-corrected chi connectivity index (χ3v) is 8.09. The van der Waals surface area contributed by atoms with Crippen molar-refractivity contribution in [3.05, 3.63) is 89.4 Å². The van der Waals surface area contributed by atoms with E-state index in [1.165, 1.54) is 36.8 Å². The second-order valence-corrected chi connectivity index (χ2v) is 10.7. The average molecular weight is 479 g/mol. The van der Waals surface area contributed by atoms with E-state index in [4.69, 9.17) is 4.42 Å². The molecule has 0 radical (unpaired) electrons. The number of hydrogen-bond donors (Lipinski definition) is 0. The summed E-state index contributed by atoms with van der Waals surface area (Å²) >= 11 is 0. The molecule has 3 aromatic carbocycles. The van der Waals surface area contributed by atoms with Gasteiger partial charge in [0.15, 0.2) is 6.20 Å². The topological polar surface area (TPSA) is 17.0 Å². The molecule has 182 valence electrons. The molecule has 1 saturated carbocycles. The lowest BCUT2D eigenvalue weighted by Gasteiger charge is -2.11. The van der Waals surface area contributed by atoms with E-state index >= 15 is 4.39 Å². The number of nitrogens with zero attached hydrogens (tertiary/aromatic N) is 1. The zero-order valence-corrected chi connectivity index (χ0v) is 21.6. The summed E-state index contributed by atoms with van der Waals surface area (Å²) in [5.41, 5.74) is 8.80. The minimum atomic E-state index is -0.249. The van der Waals surface area contributed by atoms with Crippen molar-refractivity contribution in [1.82, 2.24) is 0 Å². The van der Waals surface area contributed by atoms with Crippen LogP contribution in [0.15, 0.2) is 71.3 Å². The Kier molecular flexibility index (Phi) is 5.67. The third kappa shape index (κ3) is 3.73. The molecule has 0 spiro atoms. The number of pyridine rings is 1. The van der Waals surface area contributed by atoms with E-state index in [1.54, 1.807) is 6.07 Å². The number of fused-ring (bicyclic) bond motifs is 3. The highest BCUT2D eigenvalue weighted by atomic mass is 19.1. The van der Waals surface area contributed by atoms with Crippen molar-refractivity contribution in [2.24, 2.45) is 7.05 Å². The smallest absolute Gasteiger partial charge is 0.216 e. The Hall–Kier alpha value is -3.46. The van der Waals surface area contributed by atoms with E-state index in [1.807, 2.05) is 6.07 Å². The van der Waals surface area contributed by atoms with Crippen LogP contribution in [0.2, 0.25) is 0 Å². The van der Waals surface area contributed by atoms with Crippen LogP contribution in [0.3, 0.4) is 0 Å². The monoisotopic (exact) mass is 478 g/mol. The number of aryl methyl sites for hydroxylation is 2. The molecular formula is C33H33FNO+. The Balaban J connectivity index is 1.57. The number of halogens is 1. The normalized spacial score (nSPS) is 14.5. The quantitative estimate of drug-likeness (QED) is 0.236. The second-order valence-electron chi connectivity index (χ2n) is 10.7. The molecule has 0 bridgehead atoms. The fraction of sp³-hybridized carbons (Fsp3) is 0.303. The Bertz CT molecular complexity index is 1590. The Morgan fingerprint density at radius 1 is 0.861 bits per heavy atom. The summed E-state index contributed by atoms with van der Waals surface area (Å²) in [4.78, 5) is 0. The molecule has 2 heterocycles. The predicted molar refractivity (Wildman–Crippen MR) is 146 cm³/mol. The van der Waals surface area contributed by atoms with Gasteiger partial charge in [0.1, 0.15) is 24.0 Å². The summed E-state index contributed by atoms with van der Waals surface area (Å²) in [5.74, 6) is 0.813. The van der Waals surface area contributed by atoms with Crippen molar-refractivity contribution in [2.45, 2.75) is 58.3 Å². The van der Waals surface area contributed by atoms with Crippen LogP contribution in [-0.2, 0) is 7.05 Å². The summed E-state index contributed by atoms with van der Waals surface area (Å²) in [6.07, 6.45) is 7.23. The molecule has 0 N–H and O–H groups in total. The van der Waals surface area contributed by atoms with E-state index in [0.29, 0.717) is 23.0 Å². The molecule has 0 aliphatic heterocycles. The molecule has 1 aliphatic carbocycles. The van der Waals surface area contributed by atoms with Crippen molar-refractivity contribution in [3.63, 3.8) is 0 Å². The highest BCUT2D eigenvalue weighted by Crippen LogP contribution is 2.42. The zero-order chi connectivity index (χ0) is 25.0. The maximum Gasteiger partial charge on any atom is 0.216 e. The first-order valence-corrected chi connectivity index (χ1v) is 13.2. The van der Waals surface area contributed by atoms with Gasteiger partial charge in [-0.05, 0) is 66.0 Å². The standard InChI is InChI=1S/C33H33FNO/c1-20(2)25-17-18-35(4)29(19-25)30-21(3)9-14-26-27-15-16-28(34)31(33(27)36-32(26)30)24-12-10-23(11-13-24)22-7-5-6-8-22/h9-20,22H,5-8H2,1-4H3/q+1. The zero-order valence-electron chi connectivity index (χ0n) is 21.6. The molecule has 2 nitrogen and oxygen atoms in total. The lowest BCUT2D eigenvalue weighted by molar-refractivity contribution is -0.660. The minimum Gasteiger partial charge on any atom is -0.454 e. The molecule has 1 fully saturated rings. The molecule has 1 aliphatic rings. The van der Waals surface area contributed by atoms with Gasteiger partial charge in [0.05, 0.1) is 11.1 Å². The highest BCUT2D eigenvalue weighted by Gasteiger charge is 2.24. The molecular weight excluding hydrogens is 445 g/mol. The van der Waals surface area contributed by atoms with Crippen molar-refractivity contribution < 1.29 is 13.4 Å². The minimum absolute atomic E-state index is 0.249. The second kappa shape index (κ2) is 8.89. The van der Waals surface area contributed by atoms with E-state index in [9.17, 15) is 0 Å². The highest BCUT2D eigenvalue weighted by molar-refractivity contribution is 6.13. The molecule has 0 amide bonds. The number of aromatic nitrogens is 1. The summed E-state index contributed by atoms with van der Waals surface area (Å²) in [6, 6.07) is 20.6. The molecule has 36 heavy (non-hydrogen) atoms. The first kappa shape index (κ1) is 23.0. The van der Waals surface area contributed by atoms with Gasteiger partial charge in [0, 0.05) is 22.9 Å². The maximum atomic E-state index is 15.4. The lowest BCUT2D eigenvalue weighted by atomic mass is 9.94. The summed E-state index contributed by atoms with van der Waals surface area (Å²) in [6.45, 7) is 6.54. The van der Waals surface area contributed by atoms with Gasteiger partial charge in [-0.3, -0.25) is 0 Å². The molecule has 3 heteroatoms. The van der Waals surface area contributed by atoms with Crippen molar-refractivity contribution in [1.29, 1.82) is 0 Å². The van der Waals surface area contributed by atoms with Gasteiger partial charge in [-0.1, -0.05) is 63.1 Å². The molecule has 5 aromatic rings. The third-order valence-electron chi connectivity index (χ3n) is 8.09. The maximum absolute atomic E-state index is 15.4. The SMILES string of the molecule is Cc1ccc2c(oc3c(-c4ccc(C5CCCC5)cc4)c(F)ccc32)c1-c1cc(C(C)C)cc[n+]1C. The van der Waals surface area contributed by atoms with Crippen LogP contribution in [0.5, 0.6) is 0 Å². The van der Waals surface area contributed by atoms with Gasteiger partial charge in [-0.15, -0.1) is 0 Å². The fourth-order valence-corrected chi connectivity index (χ4v) is 5.94.